The Labute approximate surface area is 96.2 Å². The van der Waals surface area contributed by atoms with E-state index in [4.69, 9.17) is 0 Å². The fourth-order valence-electron chi connectivity index (χ4n) is 0.638. The molecule has 1 aromatic heterocycles. The van der Waals surface area contributed by atoms with Crippen LogP contribution in [-0.4, -0.2) is 21.7 Å². The second-order valence-electron chi connectivity index (χ2n) is 2.57. The highest BCUT2D eigenvalue weighted by molar-refractivity contribution is 9.09. The Morgan fingerprint density at radius 1 is 1.64 bits per heavy atom. The van der Waals surface area contributed by atoms with Gasteiger partial charge >= 0.3 is 6.18 Å². The monoisotopic (exact) mass is 305 g/mol. The molecule has 1 rings (SSSR count). The molecule has 0 saturated heterocycles. The van der Waals surface area contributed by atoms with Gasteiger partial charge in [0.25, 0.3) is 0 Å². The van der Waals surface area contributed by atoms with Crippen molar-refractivity contribution in [1.29, 1.82) is 0 Å². The first-order valence-electron chi connectivity index (χ1n) is 3.65. The first-order valence-corrected chi connectivity index (χ1v) is 6.43. The number of thioether (sulfide) groups is 1. The van der Waals surface area contributed by atoms with Crippen LogP contribution in [0.4, 0.5) is 13.2 Å². The van der Waals surface area contributed by atoms with Gasteiger partial charge in [-0.1, -0.05) is 27.7 Å². The zero-order valence-electron chi connectivity index (χ0n) is 7.14. The molecule has 14 heavy (non-hydrogen) atoms. The first-order chi connectivity index (χ1) is 6.39. The van der Waals surface area contributed by atoms with Gasteiger partial charge < -0.3 is 0 Å². The number of alkyl halides is 4. The van der Waals surface area contributed by atoms with Crippen LogP contribution in [0, 0.1) is 6.92 Å². The van der Waals surface area contributed by atoms with E-state index in [9.17, 15) is 13.2 Å². The van der Waals surface area contributed by atoms with Crippen molar-refractivity contribution in [2.75, 3.05) is 5.75 Å². The van der Waals surface area contributed by atoms with Crippen LogP contribution in [0.2, 0.25) is 0 Å². The van der Waals surface area contributed by atoms with E-state index in [1.54, 1.807) is 0 Å². The molecule has 0 N–H and O–H groups in total. The number of thiazole rings is 1. The Kier molecular flexibility index (Phi) is 4.27. The van der Waals surface area contributed by atoms with Crippen molar-refractivity contribution in [2.45, 2.75) is 22.3 Å². The fourth-order valence-corrected chi connectivity index (χ4v) is 2.86. The molecule has 0 bridgehead atoms. The summed E-state index contributed by atoms with van der Waals surface area (Å²) in [6.07, 6.45) is -4.18. The maximum absolute atomic E-state index is 12.1. The summed E-state index contributed by atoms with van der Waals surface area (Å²) in [5.41, 5.74) is 0.843. The number of halogens is 4. The first kappa shape index (κ1) is 12.3. The zero-order valence-corrected chi connectivity index (χ0v) is 10.4. The van der Waals surface area contributed by atoms with Crippen molar-refractivity contribution < 1.29 is 13.2 Å². The van der Waals surface area contributed by atoms with Gasteiger partial charge in [-0.3, -0.25) is 0 Å². The van der Waals surface area contributed by atoms with Crippen molar-refractivity contribution in [2.24, 2.45) is 0 Å². The number of rotatable bonds is 3. The average molecular weight is 306 g/mol. The van der Waals surface area contributed by atoms with E-state index in [0.717, 1.165) is 17.5 Å². The van der Waals surface area contributed by atoms with E-state index < -0.39 is 11.0 Å². The van der Waals surface area contributed by atoms with E-state index in [0.29, 0.717) is 4.34 Å². The second kappa shape index (κ2) is 4.85. The predicted molar refractivity (Wildman–Crippen MR) is 56.3 cm³/mol. The van der Waals surface area contributed by atoms with Gasteiger partial charge in [-0.05, 0) is 6.92 Å². The number of aromatic nitrogens is 1. The summed E-state index contributed by atoms with van der Waals surface area (Å²) in [6.45, 7) is 1.82. The van der Waals surface area contributed by atoms with Crippen LogP contribution < -0.4 is 0 Å². The van der Waals surface area contributed by atoms with Crippen molar-refractivity contribution >= 4 is 39.0 Å². The summed E-state index contributed by atoms with van der Waals surface area (Å²) < 4.78 is 36.9. The van der Waals surface area contributed by atoms with Crippen LogP contribution in [0.25, 0.3) is 0 Å². The Morgan fingerprint density at radius 3 is 2.71 bits per heavy atom. The lowest BCUT2D eigenvalue weighted by Gasteiger charge is -2.11. The van der Waals surface area contributed by atoms with Crippen molar-refractivity contribution in [3.05, 3.63) is 11.1 Å². The van der Waals surface area contributed by atoms with Crippen molar-refractivity contribution in [1.82, 2.24) is 4.98 Å². The lowest BCUT2D eigenvalue weighted by Crippen LogP contribution is -2.24. The molecule has 1 unspecified atom stereocenters. The molecule has 0 spiro atoms. The molecule has 1 atom stereocenters. The molecule has 0 radical (unpaired) electrons. The highest BCUT2D eigenvalue weighted by Gasteiger charge is 2.37. The van der Waals surface area contributed by atoms with Crippen molar-refractivity contribution in [3.8, 4) is 0 Å². The predicted octanol–water partition coefficient (Wildman–Crippen LogP) is 3.87. The van der Waals surface area contributed by atoms with Gasteiger partial charge in [0.15, 0.2) is 0 Å². The summed E-state index contributed by atoms with van der Waals surface area (Å²) in [5.74, 6) is -0.0452. The molecule has 0 fully saturated rings. The van der Waals surface area contributed by atoms with Crippen molar-refractivity contribution in [3.63, 3.8) is 0 Å². The molecule has 0 aliphatic carbocycles. The summed E-state index contributed by atoms with van der Waals surface area (Å²) in [5, 5.41) is 1.82. The van der Waals surface area contributed by atoms with Gasteiger partial charge in [0, 0.05) is 16.8 Å². The standard InChI is InChI=1S/C7H7BrF3NS2/c1-4-2-13-6(12-4)14-3-5(8)7(9,10)11/h2,5H,3H2,1H3. The topological polar surface area (TPSA) is 12.9 Å². The fraction of sp³-hybridized carbons (Fsp3) is 0.571. The van der Waals surface area contributed by atoms with Crippen LogP contribution in [0.15, 0.2) is 9.72 Å². The number of aryl methyl sites for hydroxylation is 1. The third-order valence-electron chi connectivity index (χ3n) is 1.31. The van der Waals surface area contributed by atoms with Crippen LogP contribution >= 0.6 is 39.0 Å². The quantitative estimate of drug-likeness (QED) is 0.621. The van der Waals surface area contributed by atoms with Gasteiger partial charge in [0.1, 0.15) is 9.17 Å². The number of hydrogen-bond acceptors (Lipinski definition) is 3. The normalized spacial score (nSPS) is 14.4. The molecular formula is C7H7BrF3NS2. The van der Waals surface area contributed by atoms with E-state index in [-0.39, 0.29) is 5.75 Å². The summed E-state index contributed by atoms with van der Waals surface area (Å²) in [7, 11) is 0. The Balaban J connectivity index is 2.41. The minimum Gasteiger partial charge on any atom is -0.235 e. The second-order valence-corrected chi connectivity index (χ2v) is 5.81. The molecule has 1 aromatic rings. The van der Waals surface area contributed by atoms with Gasteiger partial charge in [0.2, 0.25) is 0 Å². The molecule has 0 aliphatic heterocycles. The Bertz CT molecular complexity index is 299. The molecule has 80 valence electrons. The van der Waals surface area contributed by atoms with E-state index >= 15 is 0 Å². The van der Waals surface area contributed by atoms with Gasteiger partial charge in [-0.25, -0.2) is 4.98 Å². The van der Waals surface area contributed by atoms with E-state index in [2.05, 4.69) is 20.9 Å². The molecule has 0 aliphatic rings. The smallest absolute Gasteiger partial charge is 0.235 e. The summed E-state index contributed by atoms with van der Waals surface area (Å²) >= 11 is 5.08. The van der Waals surface area contributed by atoms with Crippen LogP contribution in [0.3, 0.4) is 0 Å². The molecule has 0 amide bonds. The highest BCUT2D eigenvalue weighted by Crippen LogP contribution is 2.32. The summed E-state index contributed by atoms with van der Waals surface area (Å²) in [4.78, 5) is 2.59. The third kappa shape index (κ3) is 3.78. The van der Waals surface area contributed by atoms with Gasteiger partial charge in [-0.15, -0.1) is 11.3 Å². The van der Waals surface area contributed by atoms with Crippen LogP contribution in [-0.2, 0) is 0 Å². The molecule has 7 heteroatoms. The molecule has 0 saturated carbocycles. The minimum absolute atomic E-state index is 0.0452. The van der Waals surface area contributed by atoms with Crippen LogP contribution in [0.1, 0.15) is 5.69 Å². The molecule has 0 aromatic carbocycles. The third-order valence-corrected chi connectivity index (χ3v) is 4.81. The lowest BCUT2D eigenvalue weighted by molar-refractivity contribution is -0.122. The number of nitrogens with zero attached hydrogens (tertiary/aromatic N) is 1. The largest absolute Gasteiger partial charge is 0.402 e. The minimum atomic E-state index is -4.18. The maximum Gasteiger partial charge on any atom is 0.402 e. The number of hydrogen-bond donors (Lipinski definition) is 0. The Morgan fingerprint density at radius 2 is 2.29 bits per heavy atom. The zero-order chi connectivity index (χ0) is 10.8. The maximum atomic E-state index is 12.1. The molecule has 1 nitrogen and oxygen atoms in total. The van der Waals surface area contributed by atoms with Gasteiger partial charge in [0.05, 0.1) is 0 Å². The Hall–Kier alpha value is 0.250. The van der Waals surface area contributed by atoms with E-state index in [1.165, 1.54) is 11.3 Å². The van der Waals surface area contributed by atoms with Gasteiger partial charge in [-0.2, -0.15) is 13.2 Å². The summed E-state index contributed by atoms with van der Waals surface area (Å²) in [6, 6.07) is 0. The SMILES string of the molecule is Cc1csc(SCC(Br)C(F)(F)F)n1. The van der Waals surface area contributed by atoms with E-state index in [1.807, 2.05) is 12.3 Å². The highest BCUT2D eigenvalue weighted by atomic mass is 79.9. The van der Waals surface area contributed by atoms with Crippen LogP contribution in [0.5, 0.6) is 0 Å². The lowest BCUT2D eigenvalue weighted by atomic mass is 10.5. The average Bonchev–Trinajstić information content (AvgIpc) is 2.45. The molecule has 1 heterocycles. The molecular weight excluding hydrogens is 299 g/mol.